The minimum atomic E-state index is -0.831. The van der Waals surface area contributed by atoms with Crippen LogP contribution in [0.15, 0.2) is 48.8 Å². The molecule has 1 atom stereocenters. The van der Waals surface area contributed by atoms with Crippen LogP contribution in [-0.4, -0.2) is 28.7 Å². The summed E-state index contributed by atoms with van der Waals surface area (Å²) < 4.78 is 0. The quantitative estimate of drug-likeness (QED) is 0.631. The van der Waals surface area contributed by atoms with Gasteiger partial charge in [-0.05, 0) is 42.0 Å². The minimum Gasteiger partial charge on any atom is -0.351 e. The van der Waals surface area contributed by atoms with Crippen molar-refractivity contribution in [3.05, 3.63) is 59.9 Å². The standard InChI is InChI=1S/C25H32ClN3O2/c1-25(2,3)19-11-13-21(14-12-19)29(22(30)16-26)23(18-8-7-15-27-17-18)24(31)28-20-9-5-4-6-10-20/h7-8,11-15,17,20,23H,4-6,9-10,16H2,1-3H3,(H,28,31)/t23-/m0/s1. The van der Waals surface area contributed by atoms with Crippen LogP contribution in [0.4, 0.5) is 5.69 Å². The average molecular weight is 442 g/mol. The molecule has 1 fully saturated rings. The van der Waals surface area contributed by atoms with Gasteiger partial charge in [0.05, 0.1) is 0 Å². The third kappa shape index (κ3) is 5.85. The van der Waals surface area contributed by atoms with Crippen LogP contribution in [0.3, 0.4) is 0 Å². The summed E-state index contributed by atoms with van der Waals surface area (Å²) in [7, 11) is 0. The molecule has 5 nitrogen and oxygen atoms in total. The average Bonchev–Trinajstić information content (AvgIpc) is 2.77. The van der Waals surface area contributed by atoms with E-state index in [4.69, 9.17) is 11.6 Å². The first-order valence-corrected chi connectivity index (χ1v) is 11.5. The highest BCUT2D eigenvalue weighted by atomic mass is 35.5. The second-order valence-corrected chi connectivity index (χ2v) is 9.49. The largest absolute Gasteiger partial charge is 0.351 e. The number of alkyl halides is 1. The Morgan fingerprint density at radius 3 is 2.35 bits per heavy atom. The molecule has 1 N–H and O–H groups in total. The summed E-state index contributed by atoms with van der Waals surface area (Å²) in [5, 5.41) is 3.18. The summed E-state index contributed by atoms with van der Waals surface area (Å²) in [6.45, 7) is 6.42. The molecule has 166 valence electrons. The van der Waals surface area contributed by atoms with Crippen LogP contribution in [-0.2, 0) is 15.0 Å². The third-order valence-corrected chi connectivity index (χ3v) is 6.08. The van der Waals surface area contributed by atoms with E-state index >= 15 is 0 Å². The van der Waals surface area contributed by atoms with Crippen molar-refractivity contribution in [1.82, 2.24) is 10.3 Å². The summed E-state index contributed by atoms with van der Waals surface area (Å²) in [4.78, 5) is 32.2. The highest BCUT2D eigenvalue weighted by Crippen LogP contribution is 2.31. The molecule has 0 aliphatic heterocycles. The summed E-state index contributed by atoms with van der Waals surface area (Å²) in [6, 6.07) is 10.7. The molecular weight excluding hydrogens is 410 g/mol. The first-order chi connectivity index (χ1) is 14.8. The Hall–Kier alpha value is -2.40. The molecule has 2 aromatic rings. The van der Waals surface area contributed by atoms with E-state index in [2.05, 4.69) is 31.1 Å². The fourth-order valence-electron chi connectivity index (χ4n) is 4.11. The lowest BCUT2D eigenvalue weighted by molar-refractivity contribution is -0.126. The van der Waals surface area contributed by atoms with Crippen LogP contribution >= 0.6 is 11.6 Å². The number of aromatic nitrogens is 1. The van der Waals surface area contributed by atoms with Gasteiger partial charge in [0.1, 0.15) is 11.9 Å². The van der Waals surface area contributed by atoms with Gasteiger partial charge in [0.25, 0.3) is 0 Å². The number of nitrogens with one attached hydrogen (secondary N) is 1. The lowest BCUT2D eigenvalue weighted by atomic mass is 9.87. The second-order valence-electron chi connectivity index (χ2n) is 9.23. The molecule has 1 aliphatic rings. The highest BCUT2D eigenvalue weighted by Gasteiger charge is 2.34. The van der Waals surface area contributed by atoms with Crippen molar-refractivity contribution < 1.29 is 9.59 Å². The maximum atomic E-state index is 13.5. The smallest absolute Gasteiger partial charge is 0.248 e. The molecule has 1 aromatic heterocycles. The minimum absolute atomic E-state index is 0.0129. The zero-order valence-electron chi connectivity index (χ0n) is 18.6. The molecule has 0 radical (unpaired) electrons. The van der Waals surface area contributed by atoms with E-state index in [-0.39, 0.29) is 29.2 Å². The summed E-state index contributed by atoms with van der Waals surface area (Å²) in [6.07, 6.45) is 8.66. The first-order valence-electron chi connectivity index (χ1n) is 11.0. The van der Waals surface area contributed by atoms with Crippen LogP contribution in [0.25, 0.3) is 0 Å². The summed E-state index contributed by atoms with van der Waals surface area (Å²) >= 11 is 5.99. The summed E-state index contributed by atoms with van der Waals surface area (Å²) in [5.74, 6) is -0.731. The number of hydrogen-bond acceptors (Lipinski definition) is 3. The fourth-order valence-corrected chi connectivity index (χ4v) is 4.23. The Morgan fingerprint density at radius 2 is 1.81 bits per heavy atom. The maximum absolute atomic E-state index is 13.5. The van der Waals surface area contributed by atoms with Crippen LogP contribution in [0.1, 0.15) is 70.0 Å². The van der Waals surface area contributed by atoms with Crippen molar-refractivity contribution in [3.8, 4) is 0 Å². The van der Waals surface area contributed by atoms with E-state index < -0.39 is 6.04 Å². The Kier molecular flexibility index (Phi) is 7.71. The predicted molar refractivity (Wildman–Crippen MR) is 125 cm³/mol. The number of hydrogen-bond donors (Lipinski definition) is 1. The van der Waals surface area contributed by atoms with E-state index in [0.717, 1.165) is 31.2 Å². The van der Waals surface area contributed by atoms with E-state index in [1.807, 2.05) is 30.3 Å². The third-order valence-electron chi connectivity index (χ3n) is 5.85. The fraction of sp³-hybridized carbons (Fsp3) is 0.480. The number of halogens is 1. The van der Waals surface area contributed by atoms with Gasteiger partial charge in [0, 0.05) is 29.7 Å². The van der Waals surface area contributed by atoms with Crippen LogP contribution in [0.2, 0.25) is 0 Å². The van der Waals surface area contributed by atoms with E-state index in [1.54, 1.807) is 18.5 Å². The second kappa shape index (κ2) is 10.3. The van der Waals surface area contributed by atoms with Gasteiger partial charge in [0.2, 0.25) is 11.8 Å². The normalized spacial score (nSPS) is 15.9. The zero-order valence-corrected chi connectivity index (χ0v) is 19.4. The highest BCUT2D eigenvalue weighted by molar-refractivity contribution is 6.29. The van der Waals surface area contributed by atoms with E-state index in [0.29, 0.717) is 11.3 Å². The lowest BCUT2D eigenvalue weighted by Gasteiger charge is -2.33. The van der Waals surface area contributed by atoms with Gasteiger partial charge in [-0.2, -0.15) is 0 Å². The van der Waals surface area contributed by atoms with Gasteiger partial charge in [0.15, 0.2) is 0 Å². The number of nitrogens with zero attached hydrogens (tertiary/aromatic N) is 2. The summed E-state index contributed by atoms with van der Waals surface area (Å²) in [5.41, 5.74) is 2.45. The maximum Gasteiger partial charge on any atom is 0.248 e. The Labute approximate surface area is 190 Å². The number of anilines is 1. The molecule has 0 bridgehead atoms. The zero-order chi connectivity index (χ0) is 22.4. The first kappa shape index (κ1) is 23.3. The SMILES string of the molecule is CC(C)(C)c1ccc(N(C(=O)CCl)[C@H](C(=O)NC2CCCCC2)c2cccnc2)cc1. The van der Waals surface area contributed by atoms with Crippen molar-refractivity contribution >= 4 is 29.1 Å². The van der Waals surface area contributed by atoms with Gasteiger partial charge < -0.3 is 5.32 Å². The number of amides is 2. The molecule has 31 heavy (non-hydrogen) atoms. The van der Waals surface area contributed by atoms with Crippen LogP contribution < -0.4 is 10.2 Å². The van der Waals surface area contributed by atoms with Gasteiger partial charge in [-0.15, -0.1) is 11.6 Å². The number of rotatable bonds is 6. The molecule has 2 amide bonds. The number of pyridine rings is 1. The molecular formula is C25H32ClN3O2. The Balaban J connectivity index is 1.99. The predicted octanol–water partition coefficient (Wildman–Crippen LogP) is 5.14. The van der Waals surface area contributed by atoms with Crippen molar-refractivity contribution in [2.75, 3.05) is 10.8 Å². The van der Waals surface area contributed by atoms with Crippen molar-refractivity contribution in [3.63, 3.8) is 0 Å². The molecule has 1 aliphatic carbocycles. The van der Waals surface area contributed by atoms with Gasteiger partial charge in [-0.1, -0.05) is 58.2 Å². The van der Waals surface area contributed by atoms with Crippen LogP contribution in [0.5, 0.6) is 0 Å². The molecule has 0 unspecified atom stereocenters. The molecule has 1 saturated carbocycles. The Morgan fingerprint density at radius 1 is 1.13 bits per heavy atom. The topological polar surface area (TPSA) is 62.3 Å². The van der Waals surface area contributed by atoms with Crippen molar-refractivity contribution in [1.29, 1.82) is 0 Å². The van der Waals surface area contributed by atoms with Crippen molar-refractivity contribution in [2.45, 2.75) is 70.4 Å². The van der Waals surface area contributed by atoms with E-state index in [9.17, 15) is 9.59 Å². The van der Waals surface area contributed by atoms with Crippen molar-refractivity contribution in [2.24, 2.45) is 0 Å². The van der Waals surface area contributed by atoms with Gasteiger partial charge in [-0.3, -0.25) is 19.5 Å². The molecule has 1 aromatic carbocycles. The number of carbonyl (C=O) groups is 2. The molecule has 1 heterocycles. The van der Waals surface area contributed by atoms with Crippen LogP contribution in [0, 0.1) is 0 Å². The molecule has 0 spiro atoms. The van der Waals surface area contributed by atoms with Gasteiger partial charge in [-0.25, -0.2) is 0 Å². The van der Waals surface area contributed by atoms with Gasteiger partial charge >= 0.3 is 0 Å². The lowest BCUT2D eigenvalue weighted by Crippen LogP contribution is -2.47. The van der Waals surface area contributed by atoms with E-state index in [1.165, 1.54) is 11.3 Å². The Bertz CT molecular complexity index is 872. The number of carbonyl (C=O) groups excluding carboxylic acids is 2. The molecule has 6 heteroatoms. The molecule has 0 saturated heterocycles. The molecule has 3 rings (SSSR count). The number of benzene rings is 1. The monoisotopic (exact) mass is 441 g/mol.